The third kappa shape index (κ3) is 4.77. The maximum absolute atomic E-state index is 14.1. The van der Waals surface area contributed by atoms with Gasteiger partial charge in [-0.1, -0.05) is 30.3 Å². The predicted octanol–water partition coefficient (Wildman–Crippen LogP) is 5.36. The molecule has 0 bridgehead atoms. The Morgan fingerprint density at radius 1 is 0.881 bits per heavy atom. The molecule has 4 aromatic heterocycles. The average molecular weight is 564 g/mol. The second kappa shape index (κ2) is 10.5. The van der Waals surface area contributed by atoms with Crippen LogP contribution in [0, 0.1) is 11.6 Å². The summed E-state index contributed by atoms with van der Waals surface area (Å²) in [5.41, 5.74) is 8.50. The van der Waals surface area contributed by atoms with Gasteiger partial charge in [0, 0.05) is 17.3 Å². The number of anilines is 2. The van der Waals surface area contributed by atoms with Gasteiger partial charge in [-0.25, -0.2) is 33.5 Å². The number of pyridine rings is 3. The van der Waals surface area contributed by atoms with Crippen LogP contribution < -0.4 is 11.1 Å². The van der Waals surface area contributed by atoms with Crippen molar-refractivity contribution in [1.82, 2.24) is 24.5 Å². The Bertz CT molecular complexity index is 1970. The van der Waals surface area contributed by atoms with E-state index in [1.165, 1.54) is 12.3 Å². The maximum Gasteiger partial charge on any atom is 0.341 e. The van der Waals surface area contributed by atoms with Crippen LogP contribution in [0.15, 0.2) is 91.3 Å². The van der Waals surface area contributed by atoms with Crippen LogP contribution in [0.1, 0.15) is 20.7 Å². The second-order valence-electron chi connectivity index (χ2n) is 9.09. The van der Waals surface area contributed by atoms with Gasteiger partial charge < -0.3 is 16.2 Å². The van der Waals surface area contributed by atoms with E-state index >= 15 is 0 Å². The van der Waals surface area contributed by atoms with Gasteiger partial charge >= 0.3 is 5.97 Å². The molecule has 206 valence electrons. The van der Waals surface area contributed by atoms with Crippen LogP contribution in [0.5, 0.6) is 0 Å². The van der Waals surface area contributed by atoms with E-state index in [-0.39, 0.29) is 11.6 Å². The molecule has 4 heterocycles. The summed E-state index contributed by atoms with van der Waals surface area (Å²) in [6.07, 6.45) is 3.04. The summed E-state index contributed by atoms with van der Waals surface area (Å²) in [4.78, 5) is 41.8. The molecule has 6 aromatic rings. The van der Waals surface area contributed by atoms with Crippen LogP contribution in [-0.4, -0.2) is 41.5 Å². The van der Waals surface area contributed by atoms with Crippen molar-refractivity contribution in [2.45, 2.75) is 0 Å². The van der Waals surface area contributed by atoms with Gasteiger partial charge in [-0.05, 0) is 48.5 Å². The fourth-order valence-corrected chi connectivity index (χ4v) is 4.45. The average Bonchev–Trinajstić information content (AvgIpc) is 3.36. The Labute approximate surface area is 236 Å². The standard InChI is InChI=1S/C30H19F2N7O3/c31-20-13-17(14-21(32)25(20)30(41)42)29(40)38-24-11-8-18(15-35-24)39-27(19-7-4-12-34-26(19)33)37-23-10-9-22(36-28(23)39)16-5-2-1-3-6-16/h1-15H,(H2,33,34)(H,41,42)(H,35,38,40). The summed E-state index contributed by atoms with van der Waals surface area (Å²) in [7, 11) is 0. The van der Waals surface area contributed by atoms with E-state index in [9.17, 15) is 18.4 Å². The minimum atomic E-state index is -1.78. The summed E-state index contributed by atoms with van der Waals surface area (Å²) in [6.45, 7) is 0. The number of aromatic carboxylic acids is 1. The first-order chi connectivity index (χ1) is 20.3. The molecular weight excluding hydrogens is 544 g/mol. The van der Waals surface area contributed by atoms with E-state index in [0.29, 0.717) is 40.4 Å². The van der Waals surface area contributed by atoms with Crippen molar-refractivity contribution in [3.8, 4) is 28.3 Å². The fraction of sp³-hybridized carbons (Fsp3) is 0. The van der Waals surface area contributed by atoms with Crippen LogP contribution in [0.2, 0.25) is 0 Å². The highest BCUT2D eigenvalue weighted by Gasteiger charge is 2.21. The molecule has 0 aliphatic carbocycles. The number of carbonyl (C=O) groups is 2. The number of fused-ring (bicyclic) bond motifs is 1. The number of amides is 1. The van der Waals surface area contributed by atoms with Crippen LogP contribution in [0.4, 0.5) is 20.4 Å². The van der Waals surface area contributed by atoms with Crippen molar-refractivity contribution < 1.29 is 23.5 Å². The number of carboxylic acids is 1. The molecule has 2 aromatic carbocycles. The largest absolute Gasteiger partial charge is 0.477 e. The first-order valence-corrected chi connectivity index (χ1v) is 12.5. The van der Waals surface area contributed by atoms with Crippen molar-refractivity contribution in [3.05, 3.63) is 114 Å². The van der Waals surface area contributed by atoms with Gasteiger partial charge in [0.1, 0.15) is 34.4 Å². The van der Waals surface area contributed by atoms with Gasteiger partial charge in [-0.15, -0.1) is 0 Å². The molecule has 0 saturated carbocycles. The van der Waals surface area contributed by atoms with Gasteiger partial charge in [-0.3, -0.25) is 9.36 Å². The Morgan fingerprint density at radius 2 is 1.64 bits per heavy atom. The molecule has 6 rings (SSSR count). The minimum absolute atomic E-state index is 0.0803. The highest BCUT2D eigenvalue weighted by atomic mass is 19.1. The SMILES string of the molecule is Nc1ncccc1-c1nc2ccc(-c3ccccc3)nc2n1-c1ccc(NC(=O)c2cc(F)c(C(=O)O)c(F)c2)nc1. The van der Waals surface area contributed by atoms with Gasteiger partial charge in [0.05, 0.1) is 23.1 Å². The van der Waals surface area contributed by atoms with Crippen molar-refractivity contribution >= 4 is 34.7 Å². The number of nitrogen functional groups attached to an aromatic ring is 1. The molecule has 12 heteroatoms. The van der Waals surface area contributed by atoms with Crippen molar-refractivity contribution in [2.75, 3.05) is 11.1 Å². The molecule has 0 atom stereocenters. The number of aromatic nitrogens is 5. The van der Waals surface area contributed by atoms with Crippen molar-refractivity contribution in [2.24, 2.45) is 0 Å². The van der Waals surface area contributed by atoms with Crippen LogP contribution in [-0.2, 0) is 0 Å². The number of imidazole rings is 1. The fourth-order valence-electron chi connectivity index (χ4n) is 4.45. The lowest BCUT2D eigenvalue weighted by Crippen LogP contribution is -2.15. The van der Waals surface area contributed by atoms with E-state index < -0.39 is 34.6 Å². The second-order valence-corrected chi connectivity index (χ2v) is 9.09. The van der Waals surface area contributed by atoms with E-state index in [0.717, 1.165) is 11.3 Å². The lowest BCUT2D eigenvalue weighted by Gasteiger charge is -2.11. The summed E-state index contributed by atoms with van der Waals surface area (Å²) < 4.78 is 30.0. The Morgan fingerprint density at radius 3 is 2.31 bits per heavy atom. The Hall–Kier alpha value is -6.04. The van der Waals surface area contributed by atoms with Crippen LogP contribution in [0.25, 0.3) is 39.5 Å². The number of carbonyl (C=O) groups excluding carboxylic acids is 1. The number of hydrogen-bond acceptors (Lipinski definition) is 7. The number of benzene rings is 2. The third-order valence-electron chi connectivity index (χ3n) is 6.42. The Kier molecular flexibility index (Phi) is 6.55. The first kappa shape index (κ1) is 26.2. The van der Waals surface area contributed by atoms with Gasteiger partial charge in [0.25, 0.3) is 5.91 Å². The highest BCUT2D eigenvalue weighted by Crippen LogP contribution is 2.31. The number of rotatable bonds is 6. The zero-order valence-corrected chi connectivity index (χ0v) is 21.5. The molecule has 1 amide bonds. The molecule has 0 spiro atoms. The molecule has 4 N–H and O–H groups in total. The smallest absolute Gasteiger partial charge is 0.341 e. The zero-order chi connectivity index (χ0) is 29.4. The van der Waals surface area contributed by atoms with E-state index in [2.05, 4.69) is 15.3 Å². The summed E-state index contributed by atoms with van der Waals surface area (Å²) >= 11 is 0. The van der Waals surface area contributed by atoms with Gasteiger partial charge in [-0.2, -0.15) is 0 Å². The lowest BCUT2D eigenvalue weighted by molar-refractivity contribution is 0.0685. The quantitative estimate of drug-likeness (QED) is 0.245. The van der Waals surface area contributed by atoms with E-state index in [4.69, 9.17) is 20.8 Å². The molecule has 0 fully saturated rings. The number of nitrogens with one attached hydrogen (secondary N) is 1. The van der Waals surface area contributed by atoms with Crippen molar-refractivity contribution in [3.63, 3.8) is 0 Å². The predicted molar refractivity (Wildman–Crippen MR) is 151 cm³/mol. The molecule has 0 unspecified atom stereocenters. The Balaban J connectivity index is 1.39. The molecule has 0 saturated heterocycles. The molecule has 42 heavy (non-hydrogen) atoms. The molecular formula is C30H19F2N7O3. The van der Waals surface area contributed by atoms with E-state index in [1.807, 2.05) is 42.5 Å². The van der Waals surface area contributed by atoms with Crippen molar-refractivity contribution in [1.29, 1.82) is 0 Å². The number of nitrogens with zero attached hydrogens (tertiary/aromatic N) is 5. The normalized spacial score (nSPS) is 11.0. The topological polar surface area (TPSA) is 149 Å². The van der Waals surface area contributed by atoms with Crippen LogP contribution in [0.3, 0.4) is 0 Å². The monoisotopic (exact) mass is 563 g/mol. The summed E-state index contributed by atoms with van der Waals surface area (Å²) in [6, 6.07) is 21.3. The van der Waals surface area contributed by atoms with Gasteiger partial charge in [0.2, 0.25) is 0 Å². The number of nitrogens with two attached hydrogens (primary N) is 1. The lowest BCUT2D eigenvalue weighted by atomic mass is 10.1. The molecule has 10 nitrogen and oxygen atoms in total. The molecule has 0 radical (unpaired) electrons. The number of halogens is 2. The maximum atomic E-state index is 14.1. The molecule has 0 aliphatic heterocycles. The summed E-state index contributed by atoms with van der Waals surface area (Å²) in [5, 5.41) is 11.4. The number of hydrogen-bond donors (Lipinski definition) is 3. The van der Waals surface area contributed by atoms with Crippen LogP contribution >= 0.6 is 0 Å². The highest BCUT2D eigenvalue weighted by molar-refractivity contribution is 6.04. The minimum Gasteiger partial charge on any atom is -0.477 e. The molecule has 0 aliphatic rings. The van der Waals surface area contributed by atoms with E-state index in [1.54, 1.807) is 29.0 Å². The third-order valence-corrected chi connectivity index (χ3v) is 6.42. The first-order valence-electron chi connectivity index (χ1n) is 12.5. The number of carboxylic acid groups (broad SMARTS) is 1. The van der Waals surface area contributed by atoms with Gasteiger partial charge in [0.15, 0.2) is 11.5 Å². The zero-order valence-electron chi connectivity index (χ0n) is 21.5. The summed E-state index contributed by atoms with van der Waals surface area (Å²) in [5.74, 6) is -4.58.